The van der Waals surface area contributed by atoms with Crippen LogP contribution in [0.15, 0.2) is 65.7 Å². The third kappa shape index (κ3) is 3.56. The number of aryl methyl sites for hydroxylation is 1. The van der Waals surface area contributed by atoms with Crippen molar-refractivity contribution in [2.24, 2.45) is 0 Å². The Morgan fingerprint density at radius 3 is 2.71 bits per heavy atom. The van der Waals surface area contributed by atoms with E-state index in [2.05, 4.69) is 10.3 Å². The van der Waals surface area contributed by atoms with Crippen molar-refractivity contribution >= 4 is 44.7 Å². The molecule has 0 aliphatic carbocycles. The van der Waals surface area contributed by atoms with Crippen LogP contribution in [-0.4, -0.2) is 15.5 Å². The predicted octanol–water partition coefficient (Wildman–Crippen LogP) is 4.72. The van der Waals surface area contributed by atoms with E-state index in [-0.39, 0.29) is 11.5 Å². The molecule has 28 heavy (non-hydrogen) atoms. The van der Waals surface area contributed by atoms with E-state index < -0.39 is 0 Å². The van der Waals surface area contributed by atoms with Crippen molar-refractivity contribution in [2.75, 3.05) is 5.32 Å². The lowest BCUT2D eigenvalue weighted by Crippen LogP contribution is -2.21. The molecule has 0 atom stereocenters. The Hall–Kier alpha value is -2.96. The molecule has 2 aromatic heterocycles. The Balaban J connectivity index is 1.69. The highest BCUT2D eigenvalue weighted by Crippen LogP contribution is 2.28. The number of thiophene rings is 1. The van der Waals surface area contributed by atoms with Crippen molar-refractivity contribution in [2.45, 2.75) is 13.5 Å². The molecule has 1 N–H and O–H groups in total. The smallest absolute Gasteiger partial charge is 0.266 e. The summed E-state index contributed by atoms with van der Waals surface area (Å²) in [6.07, 6.45) is 1.53. The maximum Gasteiger partial charge on any atom is 0.266 e. The molecule has 5 nitrogen and oxygen atoms in total. The molecule has 0 saturated heterocycles. The van der Waals surface area contributed by atoms with E-state index in [0.29, 0.717) is 37.9 Å². The molecule has 7 heteroatoms. The molecule has 0 radical (unpaired) electrons. The number of hydrogen-bond acceptors (Lipinski definition) is 4. The summed E-state index contributed by atoms with van der Waals surface area (Å²) in [7, 11) is 0. The molecule has 4 rings (SSSR count). The van der Waals surface area contributed by atoms with E-state index in [9.17, 15) is 9.59 Å². The van der Waals surface area contributed by atoms with Gasteiger partial charge in [-0.2, -0.15) is 0 Å². The fourth-order valence-electron chi connectivity index (χ4n) is 3.02. The molecule has 4 aromatic rings. The summed E-state index contributed by atoms with van der Waals surface area (Å²) in [6.45, 7) is 2.21. The number of nitrogens with zero attached hydrogens (tertiary/aromatic N) is 2. The SMILES string of the molecule is Cc1c(C(=O)Nc2cccc(Cl)c2)sc2ncn(Cc3ccccc3)c(=O)c12. The fourth-order valence-corrected chi connectivity index (χ4v) is 4.25. The lowest BCUT2D eigenvalue weighted by molar-refractivity contribution is 0.103. The highest BCUT2D eigenvalue weighted by Gasteiger charge is 2.19. The summed E-state index contributed by atoms with van der Waals surface area (Å²) in [5, 5.41) is 3.85. The lowest BCUT2D eigenvalue weighted by Gasteiger charge is -2.06. The molecular weight excluding hydrogens is 394 g/mol. The number of halogens is 1. The van der Waals surface area contributed by atoms with Gasteiger partial charge < -0.3 is 5.32 Å². The first-order valence-electron chi connectivity index (χ1n) is 8.62. The van der Waals surface area contributed by atoms with Crippen LogP contribution in [-0.2, 0) is 6.54 Å². The number of aromatic nitrogens is 2. The average Bonchev–Trinajstić information content (AvgIpc) is 3.02. The maximum absolute atomic E-state index is 13.0. The van der Waals surface area contributed by atoms with Crippen molar-refractivity contribution in [1.29, 1.82) is 0 Å². The van der Waals surface area contributed by atoms with Crippen LogP contribution in [0.4, 0.5) is 5.69 Å². The monoisotopic (exact) mass is 409 g/mol. The summed E-state index contributed by atoms with van der Waals surface area (Å²) in [5.41, 5.74) is 2.10. The first-order valence-corrected chi connectivity index (χ1v) is 9.82. The van der Waals surface area contributed by atoms with Crippen LogP contribution < -0.4 is 10.9 Å². The highest BCUT2D eigenvalue weighted by molar-refractivity contribution is 7.20. The Bertz CT molecular complexity index is 1230. The second-order valence-electron chi connectivity index (χ2n) is 6.36. The number of carbonyl (C=O) groups is 1. The molecule has 0 unspecified atom stereocenters. The topological polar surface area (TPSA) is 64.0 Å². The van der Waals surface area contributed by atoms with Gasteiger partial charge in [0.2, 0.25) is 0 Å². The van der Waals surface area contributed by atoms with Crippen molar-refractivity contribution in [3.63, 3.8) is 0 Å². The molecule has 0 fully saturated rings. The molecule has 0 saturated carbocycles. The number of amides is 1. The van der Waals surface area contributed by atoms with Crippen LogP contribution in [0.25, 0.3) is 10.2 Å². The molecule has 0 aliphatic heterocycles. The van der Waals surface area contributed by atoms with E-state index >= 15 is 0 Å². The van der Waals surface area contributed by atoms with Gasteiger partial charge in [0.1, 0.15) is 4.83 Å². The van der Waals surface area contributed by atoms with Crippen LogP contribution in [0, 0.1) is 6.92 Å². The zero-order chi connectivity index (χ0) is 19.7. The number of nitrogens with one attached hydrogen (secondary N) is 1. The predicted molar refractivity (Wildman–Crippen MR) is 114 cm³/mol. The van der Waals surface area contributed by atoms with E-state index in [1.807, 2.05) is 30.3 Å². The Labute approximate surface area is 170 Å². The molecule has 140 valence electrons. The Morgan fingerprint density at radius 2 is 1.96 bits per heavy atom. The summed E-state index contributed by atoms with van der Waals surface area (Å²) in [5.74, 6) is -0.281. The van der Waals surface area contributed by atoms with Gasteiger partial charge in [0.25, 0.3) is 11.5 Å². The Kier molecular flexibility index (Phi) is 4.98. The van der Waals surface area contributed by atoms with Crippen molar-refractivity contribution in [3.05, 3.63) is 92.3 Å². The van der Waals surface area contributed by atoms with Crippen molar-refractivity contribution < 1.29 is 4.79 Å². The fraction of sp³-hybridized carbons (Fsp3) is 0.0952. The van der Waals surface area contributed by atoms with Gasteiger partial charge in [-0.3, -0.25) is 14.2 Å². The first kappa shape index (κ1) is 18.4. The van der Waals surface area contributed by atoms with Crippen LogP contribution in [0.2, 0.25) is 5.02 Å². The number of benzene rings is 2. The summed E-state index contributed by atoms with van der Waals surface area (Å²) >= 11 is 7.19. The van der Waals surface area contributed by atoms with Gasteiger partial charge in [0.05, 0.1) is 23.1 Å². The maximum atomic E-state index is 13.0. The normalized spacial score (nSPS) is 10.9. The number of rotatable bonds is 4. The molecular formula is C21H16ClN3O2S. The third-order valence-corrected chi connectivity index (χ3v) is 5.84. The standard InChI is InChI=1S/C21H16ClN3O2S/c1-13-17-20(23-12-25(21(17)27)11-14-6-3-2-4-7-14)28-18(13)19(26)24-16-9-5-8-15(22)10-16/h2-10,12H,11H2,1H3,(H,24,26). The third-order valence-electron chi connectivity index (χ3n) is 4.40. The van der Waals surface area contributed by atoms with Gasteiger partial charge in [0, 0.05) is 10.7 Å². The zero-order valence-corrected chi connectivity index (χ0v) is 16.6. The molecule has 0 aliphatic rings. The number of hydrogen-bond donors (Lipinski definition) is 1. The summed E-state index contributed by atoms with van der Waals surface area (Å²) in [6, 6.07) is 16.6. The van der Waals surface area contributed by atoms with Crippen molar-refractivity contribution in [3.8, 4) is 0 Å². The average molecular weight is 410 g/mol. The molecule has 1 amide bonds. The van der Waals surface area contributed by atoms with Crippen LogP contribution in [0.3, 0.4) is 0 Å². The number of carbonyl (C=O) groups excluding carboxylic acids is 1. The summed E-state index contributed by atoms with van der Waals surface area (Å²) < 4.78 is 1.57. The van der Waals surface area contributed by atoms with E-state index in [1.165, 1.54) is 17.7 Å². The van der Waals surface area contributed by atoms with Gasteiger partial charge in [-0.15, -0.1) is 11.3 Å². The second kappa shape index (κ2) is 7.58. The van der Waals surface area contributed by atoms with Gasteiger partial charge in [-0.1, -0.05) is 48.0 Å². The van der Waals surface area contributed by atoms with Crippen LogP contribution in [0.5, 0.6) is 0 Å². The Morgan fingerprint density at radius 1 is 1.18 bits per heavy atom. The van der Waals surface area contributed by atoms with Crippen LogP contribution in [0.1, 0.15) is 20.8 Å². The number of fused-ring (bicyclic) bond motifs is 1. The van der Waals surface area contributed by atoms with Crippen molar-refractivity contribution in [1.82, 2.24) is 9.55 Å². The van der Waals surface area contributed by atoms with E-state index in [1.54, 1.807) is 35.8 Å². The summed E-state index contributed by atoms with van der Waals surface area (Å²) in [4.78, 5) is 31.1. The highest BCUT2D eigenvalue weighted by atomic mass is 35.5. The van der Waals surface area contributed by atoms with Gasteiger partial charge in [-0.05, 0) is 36.2 Å². The zero-order valence-electron chi connectivity index (χ0n) is 15.0. The minimum absolute atomic E-state index is 0.149. The largest absolute Gasteiger partial charge is 0.321 e. The van der Waals surface area contributed by atoms with E-state index in [0.717, 1.165) is 5.56 Å². The minimum Gasteiger partial charge on any atom is -0.321 e. The second-order valence-corrected chi connectivity index (χ2v) is 7.80. The molecule has 2 heterocycles. The molecule has 0 spiro atoms. The van der Waals surface area contributed by atoms with Gasteiger partial charge >= 0.3 is 0 Å². The molecule has 0 bridgehead atoms. The lowest BCUT2D eigenvalue weighted by atomic mass is 10.2. The molecule has 2 aromatic carbocycles. The van der Waals surface area contributed by atoms with Crippen LogP contribution >= 0.6 is 22.9 Å². The van der Waals surface area contributed by atoms with Gasteiger partial charge in [0.15, 0.2) is 0 Å². The first-order chi connectivity index (χ1) is 13.5. The minimum atomic E-state index is -0.281. The van der Waals surface area contributed by atoms with Gasteiger partial charge in [-0.25, -0.2) is 4.98 Å². The van der Waals surface area contributed by atoms with E-state index in [4.69, 9.17) is 11.6 Å². The number of anilines is 1. The quantitative estimate of drug-likeness (QED) is 0.530.